The van der Waals surface area contributed by atoms with Crippen molar-refractivity contribution in [2.75, 3.05) is 23.4 Å². The Bertz CT molecular complexity index is 868. The molecule has 0 aliphatic rings. The Morgan fingerprint density at radius 1 is 1.07 bits per heavy atom. The second kappa shape index (κ2) is 9.21. The third-order valence-electron chi connectivity index (χ3n) is 3.88. The van der Waals surface area contributed by atoms with E-state index in [1.54, 1.807) is 4.90 Å². The average Bonchev–Trinajstić information content (AvgIpc) is 2.67. The monoisotopic (exact) mass is 389 g/mol. The fourth-order valence-electron chi connectivity index (χ4n) is 2.48. The van der Waals surface area contributed by atoms with Crippen LogP contribution in [0.15, 0.2) is 30.6 Å². The zero-order chi connectivity index (χ0) is 20.7. The number of aromatic nitrogens is 2. The van der Waals surface area contributed by atoms with Gasteiger partial charge in [0.25, 0.3) is 5.69 Å². The fourth-order valence-corrected chi connectivity index (χ4v) is 2.48. The van der Waals surface area contributed by atoms with Crippen LogP contribution < -0.4 is 15.8 Å². The predicted octanol–water partition coefficient (Wildman–Crippen LogP) is 1.82. The molecule has 1 aromatic heterocycles. The van der Waals surface area contributed by atoms with Gasteiger partial charge in [-0.25, -0.2) is 9.97 Å². The van der Waals surface area contributed by atoms with Crippen molar-refractivity contribution in [3.05, 3.63) is 56.4 Å². The molecule has 0 saturated heterocycles. The Labute approximate surface area is 159 Å². The molecule has 2 rings (SSSR count). The van der Waals surface area contributed by atoms with Crippen molar-refractivity contribution in [3.63, 3.8) is 0 Å². The van der Waals surface area contributed by atoms with Gasteiger partial charge in [0.05, 0.1) is 16.3 Å². The van der Waals surface area contributed by atoms with Crippen molar-refractivity contribution in [2.45, 2.75) is 20.3 Å². The molecule has 0 atom stereocenters. The van der Waals surface area contributed by atoms with Gasteiger partial charge >= 0.3 is 5.69 Å². The van der Waals surface area contributed by atoms with Crippen molar-refractivity contribution in [1.29, 1.82) is 0 Å². The molecular weight excluding hydrogens is 370 g/mol. The SMILES string of the molecule is CCN(CC)c1ncnc(NNC(=O)Cc2ccc([N+](=O)[O-])cc2)c1[N+](=O)[O-]. The summed E-state index contributed by atoms with van der Waals surface area (Å²) in [7, 11) is 0. The minimum atomic E-state index is -0.613. The number of carbonyl (C=O) groups is 1. The van der Waals surface area contributed by atoms with E-state index in [0.717, 1.165) is 0 Å². The molecule has 0 saturated carbocycles. The summed E-state index contributed by atoms with van der Waals surface area (Å²) in [6.45, 7) is 4.71. The number of anilines is 2. The first-order chi connectivity index (χ1) is 13.4. The van der Waals surface area contributed by atoms with Crippen molar-refractivity contribution >= 4 is 28.9 Å². The molecule has 12 heteroatoms. The molecule has 0 radical (unpaired) electrons. The maximum absolute atomic E-state index is 12.1. The van der Waals surface area contributed by atoms with Crippen LogP contribution in [0.3, 0.4) is 0 Å². The summed E-state index contributed by atoms with van der Waals surface area (Å²) < 4.78 is 0. The van der Waals surface area contributed by atoms with Crippen LogP contribution in [0.25, 0.3) is 0 Å². The third-order valence-corrected chi connectivity index (χ3v) is 3.88. The van der Waals surface area contributed by atoms with Crippen LogP contribution in [0, 0.1) is 20.2 Å². The number of non-ortho nitro benzene ring substituents is 1. The molecule has 148 valence electrons. The first-order valence-electron chi connectivity index (χ1n) is 8.39. The number of nitro groups is 2. The van der Waals surface area contributed by atoms with Crippen LogP contribution in [0.4, 0.5) is 23.0 Å². The number of carbonyl (C=O) groups excluding carboxylic acids is 1. The van der Waals surface area contributed by atoms with E-state index >= 15 is 0 Å². The summed E-state index contributed by atoms with van der Waals surface area (Å²) in [6.07, 6.45) is 1.10. The number of nitrogens with zero attached hydrogens (tertiary/aromatic N) is 5. The molecule has 0 fully saturated rings. The highest BCUT2D eigenvalue weighted by molar-refractivity contribution is 5.81. The van der Waals surface area contributed by atoms with Crippen LogP contribution in [0.1, 0.15) is 19.4 Å². The van der Waals surface area contributed by atoms with Crippen LogP contribution >= 0.6 is 0 Å². The largest absolute Gasteiger partial charge is 0.355 e. The van der Waals surface area contributed by atoms with Gasteiger partial charge in [0.2, 0.25) is 17.5 Å². The Kier molecular flexibility index (Phi) is 6.73. The quantitative estimate of drug-likeness (QED) is 0.482. The van der Waals surface area contributed by atoms with Crippen molar-refractivity contribution in [1.82, 2.24) is 15.4 Å². The van der Waals surface area contributed by atoms with Gasteiger partial charge < -0.3 is 4.90 Å². The summed E-state index contributed by atoms with van der Waals surface area (Å²) in [5, 5.41) is 22.1. The fraction of sp³-hybridized carbons (Fsp3) is 0.312. The first kappa shape index (κ1) is 20.5. The zero-order valence-corrected chi connectivity index (χ0v) is 15.3. The van der Waals surface area contributed by atoms with Crippen LogP contribution in [-0.2, 0) is 11.2 Å². The lowest BCUT2D eigenvalue weighted by Gasteiger charge is -2.20. The molecule has 0 spiro atoms. The van der Waals surface area contributed by atoms with E-state index in [-0.39, 0.29) is 29.4 Å². The van der Waals surface area contributed by atoms with Crippen molar-refractivity contribution in [3.8, 4) is 0 Å². The summed E-state index contributed by atoms with van der Waals surface area (Å²) in [6, 6.07) is 5.51. The van der Waals surface area contributed by atoms with Crippen LogP contribution in [0.2, 0.25) is 0 Å². The molecule has 1 heterocycles. The van der Waals surface area contributed by atoms with Gasteiger partial charge in [-0.3, -0.25) is 35.9 Å². The highest BCUT2D eigenvalue weighted by Gasteiger charge is 2.26. The van der Waals surface area contributed by atoms with Gasteiger partial charge in [-0.05, 0) is 19.4 Å². The Morgan fingerprint density at radius 3 is 2.25 bits per heavy atom. The summed E-state index contributed by atoms with van der Waals surface area (Å²) in [5.74, 6) is -0.484. The number of nitro benzene ring substituents is 1. The summed E-state index contributed by atoms with van der Waals surface area (Å²) in [4.78, 5) is 42.6. The van der Waals surface area contributed by atoms with Gasteiger partial charge in [-0.15, -0.1) is 0 Å². The maximum atomic E-state index is 12.1. The van der Waals surface area contributed by atoms with E-state index < -0.39 is 15.8 Å². The highest BCUT2D eigenvalue weighted by atomic mass is 16.6. The molecule has 0 unspecified atom stereocenters. The Morgan fingerprint density at radius 2 is 1.71 bits per heavy atom. The molecule has 28 heavy (non-hydrogen) atoms. The number of hydrogen-bond acceptors (Lipinski definition) is 9. The lowest BCUT2D eigenvalue weighted by Crippen LogP contribution is -2.32. The molecule has 1 amide bonds. The Balaban J connectivity index is 2.11. The highest BCUT2D eigenvalue weighted by Crippen LogP contribution is 2.31. The number of hydrazine groups is 1. The normalized spacial score (nSPS) is 10.2. The zero-order valence-electron chi connectivity index (χ0n) is 15.3. The van der Waals surface area contributed by atoms with Gasteiger partial charge in [-0.2, -0.15) is 0 Å². The molecule has 2 N–H and O–H groups in total. The molecule has 0 bridgehead atoms. The van der Waals surface area contributed by atoms with Crippen LogP contribution in [0.5, 0.6) is 0 Å². The predicted molar refractivity (Wildman–Crippen MR) is 101 cm³/mol. The lowest BCUT2D eigenvalue weighted by atomic mass is 10.1. The Hall–Kier alpha value is -3.83. The van der Waals surface area contributed by atoms with E-state index in [1.807, 2.05) is 13.8 Å². The van der Waals surface area contributed by atoms with Crippen molar-refractivity contribution in [2.24, 2.45) is 0 Å². The van der Waals surface area contributed by atoms with E-state index in [2.05, 4.69) is 20.8 Å². The second-order valence-electron chi connectivity index (χ2n) is 5.60. The number of amides is 1. The molecule has 1 aromatic carbocycles. The third kappa shape index (κ3) is 4.87. The molecule has 0 aliphatic heterocycles. The number of benzene rings is 1. The van der Waals surface area contributed by atoms with Crippen LogP contribution in [-0.4, -0.2) is 38.8 Å². The van der Waals surface area contributed by atoms with Gasteiger partial charge in [0.15, 0.2) is 0 Å². The minimum Gasteiger partial charge on any atom is -0.351 e. The summed E-state index contributed by atoms with van der Waals surface area (Å²) in [5.41, 5.74) is 4.93. The lowest BCUT2D eigenvalue weighted by molar-refractivity contribution is -0.384. The maximum Gasteiger partial charge on any atom is 0.355 e. The standard InChI is InChI=1S/C16H19N7O5/c1-3-21(4-2)16-14(23(27)28)15(17-10-18-16)20-19-13(24)9-11-5-7-12(8-6-11)22(25)26/h5-8,10H,3-4,9H2,1-2H3,(H,19,24)(H,17,18,20). The van der Waals surface area contributed by atoms with Gasteiger partial charge in [-0.1, -0.05) is 12.1 Å². The second-order valence-corrected chi connectivity index (χ2v) is 5.60. The number of rotatable bonds is 9. The smallest absolute Gasteiger partial charge is 0.351 e. The topological polar surface area (TPSA) is 156 Å². The molecule has 0 aliphatic carbocycles. The number of hydrogen-bond donors (Lipinski definition) is 2. The van der Waals surface area contributed by atoms with E-state index in [9.17, 15) is 25.0 Å². The summed E-state index contributed by atoms with van der Waals surface area (Å²) >= 11 is 0. The van der Waals surface area contributed by atoms with Gasteiger partial charge in [0.1, 0.15) is 6.33 Å². The first-order valence-corrected chi connectivity index (χ1v) is 8.39. The molecule has 12 nitrogen and oxygen atoms in total. The molecular formula is C16H19N7O5. The van der Waals surface area contributed by atoms with Gasteiger partial charge in [0, 0.05) is 25.2 Å². The van der Waals surface area contributed by atoms with E-state index in [0.29, 0.717) is 18.7 Å². The minimum absolute atomic E-state index is 0.0766. The van der Waals surface area contributed by atoms with Crippen molar-refractivity contribution < 1.29 is 14.6 Å². The molecule has 2 aromatic rings. The van der Waals surface area contributed by atoms with E-state index in [1.165, 1.54) is 30.6 Å². The van der Waals surface area contributed by atoms with E-state index in [4.69, 9.17) is 0 Å². The average molecular weight is 389 g/mol. The number of nitrogens with one attached hydrogen (secondary N) is 2.